The minimum absolute atomic E-state index is 0.237. The van der Waals surface area contributed by atoms with Gasteiger partial charge in [0.25, 0.3) is 5.91 Å². The Kier molecular flexibility index (Phi) is 3.89. The molecule has 0 bridgehead atoms. The highest BCUT2D eigenvalue weighted by Gasteiger charge is 2.37. The van der Waals surface area contributed by atoms with Gasteiger partial charge in [-0.3, -0.25) is 4.79 Å². The van der Waals surface area contributed by atoms with Gasteiger partial charge in [-0.2, -0.15) is 0 Å². The number of methoxy groups -OCH3 is 1. The number of furan rings is 2. The zero-order valence-electron chi connectivity index (χ0n) is 12.7. The van der Waals surface area contributed by atoms with Crippen molar-refractivity contribution in [3.05, 3.63) is 65.2 Å². The maximum Gasteiger partial charge on any atom is 0.340 e. The SMILES string of the molecule is COC(=O)C1=C(C)N(Cc2ccco2)C(=O)C1=Cc1ccco1. The van der Waals surface area contributed by atoms with E-state index in [1.165, 1.54) is 24.5 Å². The molecule has 3 heterocycles. The average Bonchev–Trinajstić information content (AvgIpc) is 3.27. The van der Waals surface area contributed by atoms with Crippen molar-refractivity contribution in [2.45, 2.75) is 13.5 Å². The molecule has 0 aromatic carbocycles. The summed E-state index contributed by atoms with van der Waals surface area (Å²) in [6.45, 7) is 1.95. The van der Waals surface area contributed by atoms with Crippen LogP contribution in [0.1, 0.15) is 18.4 Å². The van der Waals surface area contributed by atoms with Crippen molar-refractivity contribution in [3.63, 3.8) is 0 Å². The molecule has 1 aliphatic rings. The van der Waals surface area contributed by atoms with Crippen LogP contribution in [0.4, 0.5) is 0 Å². The number of carbonyl (C=O) groups excluding carboxylic acids is 2. The molecular weight excluding hydrogens is 298 g/mol. The van der Waals surface area contributed by atoms with Crippen LogP contribution in [0.2, 0.25) is 0 Å². The highest BCUT2D eigenvalue weighted by molar-refractivity contribution is 6.16. The third-order valence-corrected chi connectivity index (χ3v) is 3.62. The fourth-order valence-electron chi connectivity index (χ4n) is 2.49. The second-order valence-corrected chi connectivity index (χ2v) is 5.00. The summed E-state index contributed by atoms with van der Waals surface area (Å²) in [5.41, 5.74) is 1.01. The molecule has 118 valence electrons. The summed E-state index contributed by atoms with van der Waals surface area (Å²) < 4.78 is 15.3. The van der Waals surface area contributed by atoms with Gasteiger partial charge in [0.2, 0.25) is 0 Å². The molecular formula is C17H15NO5. The van der Waals surface area contributed by atoms with Gasteiger partial charge in [-0.15, -0.1) is 0 Å². The molecule has 0 unspecified atom stereocenters. The summed E-state index contributed by atoms with van der Waals surface area (Å²) in [4.78, 5) is 26.3. The van der Waals surface area contributed by atoms with Crippen LogP contribution in [0, 0.1) is 0 Å². The van der Waals surface area contributed by atoms with Crippen molar-refractivity contribution in [1.29, 1.82) is 0 Å². The van der Waals surface area contributed by atoms with Crippen LogP contribution < -0.4 is 0 Å². The third-order valence-electron chi connectivity index (χ3n) is 3.62. The summed E-state index contributed by atoms with van der Waals surface area (Å²) in [7, 11) is 1.28. The zero-order chi connectivity index (χ0) is 16.4. The quantitative estimate of drug-likeness (QED) is 0.641. The molecule has 6 nitrogen and oxygen atoms in total. The molecule has 1 amide bonds. The van der Waals surface area contributed by atoms with Crippen molar-refractivity contribution in [1.82, 2.24) is 4.90 Å². The van der Waals surface area contributed by atoms with E-state index in [2.05, 4.69) is 0 Å². The lowest BCUT2D eigenvalue weighted by molar-refractivity contribution is -0.136. The van der Waals surface area contributed by atoms with E-state index >= 15 is 0 Å². The van der Waals surface area contributed by atoms with E-state index in [1.807, 2.05) is 0 Å². The normalized spacial score (nSPS) is 16.5. The summed E-state index contributed by atoms with van der Waals surface area (Å²) in [6.07, 6.45) is 4.58. The number of rotatable bonds is 4. The van der Waals surface area contributed by atoms with E-state index in [0.717, 1.165) is 0 Å². The van der Waals surface area contributed by atoms with E-state index in [0.29, 0.717) is 17.2 Å². The first-order valence-electron chi connectivity index (χ1n) is 7.01. The fraction of sp³-hybridized carbons (Fsp3) is 0.176. The standard InChI is InChI=1S/C17H15NO5/c1-11-15(17(20)21-2)14(9-12-5-3-7-22-12)16(19)18(11)10-13-6-4-8-23-13/h3-9H,10H2,1-2H3. The summed E-state index contributed by atoms with van der Waals surface area (Å²) in [5, 5.41) is 0. The zero-order valence-corrected chi connectivity index (χ0v) is 12.7. The van der Waals surface area contributed by atoms with Gasteiger partial charge < -0.3 is 18.5 Å². The van der Waals surface area contributed by atoms with Crippen LogP contribution in [-0.2, 0) is 20.9 Å². The van der Waals surface area contributed by atoms with Gasteiger partial charge in [0.05, 0.1) is 37.3 Å². The molecule has 0 saturated carbocycles. The Bertz CT molecular complexity index is 781. The van der Waals surface area contributed by atoms with Crippen molar-refractivity contribution >= 4 is 18.0 Å². The van der Waals surface area contributed by atoms with Gasteiger partial charge in [-0.05, 0) is 37.3 Å². The van der Waals surface area contributed by atoms with Crippen LogP contribution in [0.25, 0.3) is 6.08 Å². The van der Waals surface area contributed by atoms with Crippen LogP contribution in [-0.4, -0.2) is 23.9 Å². The van der Waals surface area contributed by atoms with Crippen molar-refractivity contribution in [3.8, 4) is 0 Å². The Hall–Kier alpha value is -3.02. The Balaban J connectivity index is 2.02. The number of esters is 1. The van der Waals surface area contributed by atoms with Gasteiger partial charge >= 0.3 is 5.97 Å². The smallest absolute Gasteiger partial charge is 0.340 e. The van der Waals surface area contributed by atoms with Crippen molar-refractivity contribution in [2.75, 3.05) is 7.11 Å². The first-order valence-corrected chi connectivity index (χ1v) is 7.01. The molecule has 0 fully saturated rings. The molecule has 6 heteroatoms. The average molecular weight is 313 g/mol. The second-order valence-electron chi connectivity index (χ2n) is 5.00. The van der Waals surface area contributed by atoms with Gasteiger partial charge in [0, 0.05) is 5.70 Å². The fourth-order valence-corrected chi connectivity index (χ4v) is 2.49. The summed E-state index contributed by atoms with van der Waals surface area (Å²) in [6, 6.07) is 6.93. The molecule has 0 radical (unpaired) electrons. The molecule has 0 aliphatic carbocycles. The number of carbonyl (C=O) groups is 2. The number of nitrogens with zero attached hydrogens (tertiary/aromatic N) is 1. The van der Waals surface area contributed by atoms with Gasteiger partial charge in [0.1, 0.15) is 11.5 Å². The minimum atomic E-state index is -0.560. The first-order chi connectivity index (χ1) is 11.1. The van der Waals surface area contributed by atoms with Gasteiger partial charge in [-0.25, -0.2) is 4.79 Å². The summed E-state index contributed by atoms with van der Waals surface area (Å²) in [5.74, 6) is 0.259. The Morgan fingerprint density at radius 2 is 2.00 bits per heavy atom. The molecule has 2 aromatic heterocycles. The molecule has 3 rings (SSSR count). The van der Waals surface area contributed by atoms with E-state index in [-0.39, 0.29) is 23.6 Å². The Labute approximate surface area is 132 Å². The Morgan fingerprint density at radius 3 is 2.61 bits per heavy atom. The number of amides is 1. The predicted octanol–water partition coefficient (Wildman–Crippen LogP) is 2.75. The highest BCUT2D eigenvalue weighted by atomic mass is 16.5. The first kappa shape index (κ1) is 14.9. The molecule has 2 aromatic rings. The predicted molar refractivity (Wildman–Crippen MR) is 80.7 cm³/mol. The Morgan fingerprint density at radius 1 is 1.26 bits per heavy atom. The molecule has 0 spiro atoms. The highest BCUT2D eigenvalue weighted by Crippen LogP contribution is 2.32. The number of hydrogen-bond acceptors (Lipinski definition) is 5. The third kappa shape index (κ3) is 2.70. The van der Waals surface area contributed by atoms with Crippen molar-refractivity contribution < 1.29 is 23.2 Å². The van der Waals surface area contributed by atoms with E-state index < -0.39 is 5.97 Å². The van der Waals surface area contributed by atoms with Crippen LogP contribution in [0.15, 0.2) is 62.5 Å². The maximum atomic E-state index is 12.7. The topological polar surface area (TPSA) is 72.9 Å². The molecule has 0 N–H and O–H groups in total. The van der Waals surface area contributed by atoms with Gasteiger partial charge in [0.15, 0.2) is 0 Å². The lowest BCUT2D eigenvalue weighted by atomic mass is 10.1. The van der Waals surface area contributed by atoms with Crippen LogP contribution >= 0.6 is 0 Å². The molecule has 0 atom stereocenters. The minimum Gasteiger partial charge on any atom is -0.467 e. The molecule has 1 aliphatic heterocycles. The number of allylic oxidation sites excluding steroid dienone is 1. The lowest BCUT2D eigenvalue weighted by Gasteiger charge is -2.15. The molecule has 0 saturated heterocycles. The van der Waals surface area contributed by atoms with Crippen LogP contribution in [0.3, 0.4) is 0 Å². The molecule has 23 heavy (non-hydrogen) atoms. The monoisotopic (exact) mass is 313 g/mol. The summed E-state index contributed by atoms with van der Waals surface area (Å²) >= 11 is 0. The second kappa shape index (κ2) is 6.00. The van der Waals surface area contributed by atoms with E-state index in [1.54, 1.807) is 37.3 Å². The number of ether oxygens (including phenoxy) is 1. The van der Waals surface area contributed by atoms with E-state index in [9.17, 15) is 9.59 Å². The maximum absolute atomic E-state index is 12.7. The van der Waals surface area contributed by atoms with Gasteiger partial charge in [-0.1, -0.05) is 0 Å². The lowest BCUT2D eigenvalue weighted by Crippen LogP contribution is -2.24. The van der Waals surface area contributed by atoms with Crippen LogP contribution in [0.5, 0.6) is 0 Å². The largest absolute Gasteiger partial charge is 0.467 e. The van der Waals surface area contributed by atoms with E-state index in [4.69, 9.17) is 13.6 Å². The number of hydrogen-bond donors (Lipinski definition) is 0. The van der Waals surface area contributed by atoms with Crippen molar-refractivity contribution in [2.24, 2.45) is 0 Å².